The minimum absolute atomic E-state index is 0.162. The minimum Gasteiger partial charge on any atom is -0.480 e. The van der Waals surface area contributed by atoms with E-state index in [-0.39, 0.29) is 11.4 Å². The number of aliphatic carboxylic acids is 1. The summed E-state index contributed by atoms with van der Waals surface area (Å²) in [6.45, 7) is 0.497. The van der Waals surface area contributed by atoms with Crippen LogP contribution in [-0.4, -0.2) is 29.7 Å². The Balaban J connectivity index is 1.48. The van der Waals surface area contributed by atoms with E-state index in [9.17, 15) is 9.59 Å². The average molecular weight is 293 g/mol. The normalized spacial score (nSPS) is 22.4. The highest BCUT2D eigenvalue weighted by molar-refractivity contribution is 5.73. The first-order valence-electron chi connectivity index (χ1n) is 7.54. The van der Waals surface area contributed by atoms with Gasteiger partial charge in [0.15, 0.2) is 0 Å². The Morgan fingerprint density at radius 3 is 2.67 bits per heavy atom. The molecule has 21 heavy (non-hydrogen) atoms. The lowest BCUT2D eigenvalue weighted by atomic mass is 10.1. The van der Waals surface area contributed by atoms with Gasteiger partial charge in [0.2, 0.25) is 0 Å². The van der Waals surface area contributed by atoms with Crippen molar-refractivity contribution in [3.63, 3.8) is 0 Å². The van der Waals surface area contributed by atoms with Gasteiger partial charge >= 0.3 is 11.9 Å². The smallest absolute Gasteiger partial charge is 0.320 e. The lowest BCUT2D eigenvalue weighted by Crippen LogP contribution is -2.29. The number of esters is 1. The summed E-state index contributed by atoms with van der Waals surface area (Å²) in [4.78, 5) is 22.1. The van der Waals surface area contributed by atoms with Gasteiger partial charge in [-0.25, -0.2) is 0 Å². The van der Waals surface area contributed by atoms with Crippen molar-refractivity contribution in [2.24, 2.45) is 17.1 Å². The zero-order chi connectivity index (χ0) is 15.3. The number of hydrogen-bond donors (Lipinski definition) is 2. The van der Waals surface area contributed by atoms with Crippen LogP contribution < -0.4 is 5.73 Å². The fourth-order valence-corrected chi connectivity index (χ4v) is 2.71. The summed E-state index contributed by atoms with van der Waals surface area (Å²) >= 11 is 0. The fourth-order valence-electron chi connectivity index (χ4n) is 2.71. The number of nitrogens with two attached hydrogens (primary N) is 1. The van der Waals surface area contributed by atoms with Crippen molar-refractivity contribution in [3.05, 3.63) is 24.3 Å². The number of carboxylic acids is 1. The third-order valence-corrected chi connectivity index (χ3v) is 4.28. The molecule has 0 saturated heterocycles. The Labute approximate surface area is 124 Å². The molecule has 5 nitrogen and oxygen atoms in total. The third kappa shape index (κ3) is 4.43. The first-order chi connectivity index (χ1) is 10.0. The summed E-state index contributed by atoms with van der Waals surface area (Å²) in [5.74, 6) is -0.696. The van der Waals surface area contributed by atoms with Crippen LogP contribution in [0.5, 0.6) is 0 Å². The first kappa shape index (κ1) is 15.8. The lowest BCUT2D eigenvalue weighted by Gasteiger charge is -2.07. The van der Waals surface area contributed by atoms with Gasteiger partial charge in [-0.1, -0.05) is 37.1 Å². The van der Waals surface area contributed by atoms with Gasteiger partial charge in [0.25, 0.3) is 0 Å². The molecule has 0 amide bonds. The number of ether oxygens (including phenoxy) is 1. The summed E-state index contributed by atoms with van der Waals surface area (Å²) in [5, 5.41) is 8.63. The molecule has 2 rings (SSSR count). The van der Waals surface area contributed by atoms with Crippen molar-refractivity contribution >= 4 is 11.9 Å². The minimum atomic E-state index is -0.970. The fraction of sp³-hybridized carbons (Fsp3) is 0.625. The summed E-state index contributed by atoms with van der Waals surface area (Å²) in [6, 6.07) is -0.796. The van der Waals surface area contributed by atoms with Crippen molar-refractivity contribution in [3.8, 4) is 0 Å². The molecule has 5 heteroatoms. The van der Waals surface area contributed by atoms with E-state index < -0.39 is 12.0 Å². The molecule has 2 aliphatic rings. The van der Waals surface area contributed by atoms with Crippen molar-refractivity contribution in [2.75, 3.05) is 6.61 Å². The quantitative estimate of drug-likeness (QED) is 0.501. The molecule has 1 unspecified atom stereocenters. The van der Waals surface area contributed by atoms with E-state index in [1.54, 1.807) is 0 Å². The highest BCUT2D eigenvalue weighted by Crippen LogP contribution is 2.56. The highest BCUT2D eigenvalue weighted by atomic mass is 16.5. The molecule has 0 heterocycles. The summed E-state index contributed by atoms with van der Waals surface area (Å²) in [6.07, 6.45) is 12.6. The molecule has 2 aliphatic carbocycles. The summed E-state index contributed by atoms with van der Waals surface area (Å²) in [5.41, 5.74) is 5.57. The number of carboxylic acid groups (broad SMARTS) is 1. The predicted octanol–water partition coefficient (Wildman–Crippen LogP) is 2.02. The van der Waals surface area contributed by atoms with Gasteiger partial charge < -0.3 is 15.6 Å². The van der Waals surface area contributed by atoms with E-state index in [0.29, 0.717) is 25.4 Å². The van der Waals surface area contributed by atoms with E-state index in [0.717, 1.165) is 25.7 Å². The standard InChI is InChI=1S/C16H23NO4/c17-13(15(19)20)6-2-1-3-7-14(18)21-11-12-10-16(12)8-4-5-9-16/h4-5,8-9,12-13H,1-3,6-7,10-11,17H2,(H,19,20)/t12?,13-/m0/s1. The molecule has 1 spiro atoms. The van der Waals surface area contributed by atoms with E-state index in [1.807, 2.05) is 12.2 Å². The second-order valence-electron chi connectivity index (χ2n) is 5.96. The van der Waals surface area contributed by atoms with Crippen LogP contribution in [0.2, 0.25) is 0 Å². The van der Waals surface area contributed by atoms with Crippen LogP contribution in [-0.2, 0) is 14.3 Å². The van der Waals surface area contributed by atoms with Gasteiger partial charge in [0.1, 0.15) is 6.04 Å². The Hall–Kier alpha value is -1.62. The van der Waals surface area contributed by atoms with Gasteiger partial charge in [0.05, 0.1) is 6.61 Å². The number of hydrogen-bond acceptors (Lipinski definition) is 4. The van der Waals surface area contributed by atoms with Crippen molar-refractivity contribution < 1.29 is 19.4 Å². The SMILES string of the molecule is N[C@@H](CCCCCC(=O)OCC1CC12C=CC=C2)C(=O)O. The Morgan fingerprint density at radius 1 is 1.29 bits per heavy atom. The van der Waals surface area contributed by atoms with Crippen LogP contribution >= 0.6 is 0 Å². The van der Waals surface area contributed by atoms with E-state index >= 15 is 0 Å². The van der Waals surface area contributed by atoms with Crippen molar-refractivity contribution in [2.45, 2.75) is 44.6 Å². The zero-order valence-corrected chi connectivity index (χ0v) is 12.2. The van der Waals surface area contributed by atoms with Crippen LogP contribution in [0.3, 0.4) is 0 Å². The van der Waals surface area contributed by atoms with Gasteiger partial charge in [0, 0.05) is 17.8 Å². The molecule has 2 atom stereocenters. The van der Waals surface area contributed by atoms with Crippen molar-refractivity contribution in [1.82, 2.24) is 0 Å². The molecule has 1 saturated carbocycles. The maximum Gasteiger partial charge on any atom is 0.320 e. The summed E-state index contributed by atoms with van der Waals surface area (Å²) < 4.78 is 5.29. The third-order valence-electron chi connectivity index (χ3n) is 4.28. The number of allylic oxidation sites excluding steroid dienone is 4. The van der Waals surface area contributed by atoms with Crippen LogP contribution in [0.15, 0.2) is 24.3 Å². The maximum absolute atomic E-state index is 11.6. The van der Waals surface area contributed by atoms with Crippen molar-refractivity contribution in [1.29, 1.82) is 0 Å². The molecular weight excluding hydrogens is 270 g/mol. The Morgan fingerprint density at radius 2 is 2.00 bits per heavy atom. The Bertz CT molecular complexity index is 443. The molecule has 0 aliphatic heterocycles. The van der Waals surface area contributed by atoms with Crippen LogP contribution in [0.4, 0.5) is 0 Å². The molecule has 0 radical (unpaired) electrons. The largest absolute Gasteiger partial charge is 0.480 e. The average Bonchev–Trinajstić information content (AvgIpc) is 2.89. The molecule has 0 aromatic carbocycles. The monoisotopic (exact) mass is 293 g/mol. The molecule has 116 valence electrons. The van der Waals surface area contributed by atoms with Gasteiger partial charge in [-0.05, 0) is 19.3 Å². The number of unbranched alkanes of at least 4 members (excludes halogenated alkanes) is 2. The topological polar surface area (TPSA) is 89.6 Å². The van der Waals surface area contributed by atoms with Gasteiger partial charge in [-0.2, -0.15) is 0 Å². The molecule has 0 bridgehead atoms. The lowest BCUT2D eigenvalue weighted by molar-refractivity contribution is -0.144. The van der Waals surface area contributed by atoms with Gasteiger partial charge in [-0.15, -0.1) is 0 Å². The van der Waals surface area contributed by atoms with E-state index in [2.05, 4.69) is 12.2 Å². The van der Waals surface area contributed by atoms with E-state index in [4.69, 9.17) is 15.6 Å². The zero-order valence-electron chi connectivity index (χ0n) is 12.2. The molecule has 0 aromatic heterocycles. The molecular formula is C16H23NO4. The van der Waals surface area contributed by atoms with Crippen LogP contribution in [0, 0.1) is 11.3 Å². The first-order valence-corrected chi connectivity index (χ1v) is 7.54. The highest BCUT2D eigenvalue weighted by Gasteiger charge is 2.51. The van der Waals surface area contributed by atoms with Gasteiger partial charge in [-0.3, -0.25) is 9.59 Å². The molecule has 0 aromatic rings. The molecule has 3 N–H and O–H groups in total. The summed E-state index contributed by atoms with van der Waals surface area (Å²) in [7, 11) is 0. The number of carbonyl (C=O) groups is 2. The maximum atomic E-state index is 11.6. The number of carbonyl (C=O) groups excluding carboxylic acids is 1. The predicted molar refractivity (Wildman–Crippen MR) is 78.5 cm³/mol. The van der Waals surface area contributed by atoms with Crippen LogP contribution in [0.1, 0.15) is 38.5 Å². The van der Waals surface area contributed by atoms with E-state index in [1.165, 1.54) is 0 Å². The van der Waals surface area contributed by atoms with Crippen LogP contribution in [0.25, 0.3) is 0 Å². The second kappa shape index (κ2) is 6.89. The molecule has 1 fully saturated rings. The second-order valence-corrected chi connectivity index (χ2v) is 5.96. The number of rotatable bonds is 9. The Kier molecular flexibility index (Phi) is 5.17.